The number of halogens is 2. The molecular weight excluding hydrogens is 440 g/mol. The summed E-state index contributed by atoms with van der Waals surface area (Å²) in [5, 5.41) is 0. The minimum absolute atomic E-state index is 0.0356. The number of hydrogen-bond acceptors (Lipinski definition) is 5. The Morgan fingerprint density at radius 1 is 1.00 bits per heavy atom. The molecular formula is C23H21F2NO5S. The normalized spacial score (nSPS) is 15.9. The Kier molecular flexibility index (Phi) is 6.27. The van der Waals surface area contributed by atoms with E-state index in [1.807, 2.05) is 0 Å². The van der Waals surface area contributed by atoms with Crippen molar-refractivity contribution < 1.29 is 26.7 Å². The molecule has 0 amide bonds. The number of ether oxygens (including phenoxy) is 2. The quantitative estimate of drug-likeness (QED) is 0.557. The van der Waals surface area contributed by atoms with Crippen molar-refractivity contribution in [3.63, 3.8) is 0 Å². The van der Waals surface area contributed by atoms with Gasteiger partial charge in [0.15, 0.2) is 9.84 Å². The van der Waals surface area contributed by atoms with Crippen molar-refractivity contribution >= 4 is 9.84 Å². The van der Waals surface area contributed by atoms with Crippen LogP contribution in [0.25, 0.3) is 16.8 Å². The predicted molar refractivity (Wildman–Crippen MR) is 116 cm³/mol. The first-order chi connectivity index (χ1) is 15.3. The van der Waals surface area contributed by atoms with Crippen LogP contribution in [0.5, 0.6) is 11.5 Å². The van der Waals surface area contributed by atoms with Gasteiger partial charge in [-0.15, -0.1) is 0 Å². The third-order valence-corrected chi connectivity index (χ3v) is 7.02. The standard InChI is InChI=1S/C23H21F2NO5S/c24-15-30-19-7-5-18(6-8-19)26-14-21(16-1-3-17(25)4-2-16)22(13-23(26)27)31-20-9-11-32(28,29)12-10-20/h1-8,13-14,20H,9-12,15H2. The average Bonchev–Trinajstić information content (AvgIpc) is 2.77. The van der Waals surface area contributed by atoms with E-state index in [0.29, 0.717) is 41.2 Å². The van der Waals surface area contributed by atoms with E-state index in [9.17, 15) is 22.0 Å². The van der Waals surface area contributed by atoms with Crippen molar-refractivity contribution in [1.82, 2.24) is 4.57 Å². The van der Waals surface area contributed by atoms with Crippen molar-refractivity contribution in [2.45, 2.75) is 18.9 Å². The third kappa shape index (κ3) is 4.99. The van der Waals surface area contributed by atoms with E-state index < -0.39 is 22.5 Å². The number of benzene rings is 2. The molecule has 2 aromatic carbocycles. The number of alkyl halides is 1. The monoisotopic (exact) mass is 461 g/mol. The van der Waals surface area contributed by atoms with Crippen LogP contribution in [0.2, 0.25) is 0 Å². The molecule has 0 spiro atoms. The molecule has 0 bridgehead atoms. The van der Waals surface area contributed by atoms with Crippen molar-refractivity contribution in [1.29, 1.82) is 0 Å². The second-order valence-electron chi connectivity index (χ2n) is 7.48. The van der Waals surface area contributed by atoms with Gasteiger partial charge in [-0.05, 0) is 54.8 Å². The first-order valence-corrected chi connectivity index (χ1v) is 11.9. The van der Waals surface area contributed by atoms with Crippen molar-refractivity contribution in [3.05, 3.63) is 77.0 Å². The largest absolute Gasteiger partial charge is 0.489 e. The van der Waals surface area contributed by atoms with Crippen LogP contribution in [0, 0.1) is 5.82 Å². The molecule has 0 saturated carbocycles. The molecule has 0 radical (unpaired) electrons. The van der Waals surface area contributed by atoms with Gasteiger partial charge >= 0.3 is 0 Å². The van der Waals surface area contributed by atoms with E-state index in [1.54, 1.807) is 42.6 Å². The minimum atomic E-state index is -3.05. The second-order valence-corrected chi connectivity index (χ2v) is 9.79. The summed E-state index contributed by atoms with van der Waals surface area (Å²) in [5.41, 5.74) is 1.35. The van der Waals surface area contributed by atoms with Gasteiger partial charge in [-0.1, -0.05) is 12.1 Å². The van der Waals surface area contributed by atoms with Crippen LogP contribution < -0.4 is 15.0 Å². The Morgan fingerprint density at radius 3 is 2.28 bits per heavy atom. The van der Waals surface area contributed by atoms with Gasteiger partial charge in [0, 0.05) is 23.5 Å². The molecule has 1 aromatic heterocycles. The number of hydrogen-bond donors (Lipinski definition) is 0. The van der Waals surface area contributed by atoms with E-state index in [-0.39, 0.29) is 23.2 Å². The summed E-state index contributed by atoms with van der Waals surface area (Å²) >= 11 is 0. The van der Waals surface area contributed by atoms with Crippen LogP contribution in [0.3, 0.4) is 0 Å². The van der Waals surface area contributed by atoms with Gasteiger partial charge in [-0.3, -0.25) is 9.36 Å². The first kappa shape index (κ1) is 22.0. The molecule has 0 aliphatic carbocycles. The molecule has 6 nitrogen and oxygen atoms in total. The van der Waals surface area contributed by atoms with Crippen molar-refractivity contribution in [3.8, 4) is 28.3 Å². The number of sulfone groups is 1. The van der Waals surface area contributed by atoms with Gasteiger partial charge in [-0.25, -0.2) is 17.2 Å². The van der Waals surface area contributed by atoms with Crippen LogP contribution >= 0.6 is 0 Å². The first-order valence-electron chi connectivity index (χ1n) is 10.0. The lowest BCUT2D eigenvalue weighted by Gasteiger charge is -2.25. The van der Waals surface area contributed by atoms with Crippen LogP contribution in [-0.4, -0.2) is 37.5 Å². The zero-order valence-electron chi connectivity index (χ0n) is 17.0. The maximum Gasteiger partial charge on any atom is 0.258 e. The van der Waals surface area contributed by atoms with Crippen molar-refractivity contribution in [2.75, 3.05) is 18.4 Å². The average molecular weight is 461 g/mol. The van der Waals surface area contributed by atoms with Crippen molar-refractivity contribution in [2.24, 2.45) is 0 Å². The molecule has 0 unspecified atom stereocenters. The molecule has 1 fully saturated rings. The van der Waals surface area contributed by atoms with Crippen LogP contribution in [0.4, 0.5) is 8.78 Å². The van der Waals surface area contributed by atoms with E-state index in [2.05, 4.69) is 0 Å². The van der Waals surface area contributed by atoms with Gasteiger partial charge in [0.25, 0.3) is 5.56 Å². The highest BCUT2D eigenvalue weighted by molar-refractivity contribution is 7.91. The number of nitrogens with zero attached hydrogens (tertiary/aromatic N) is 1. The SMILES string of the molecule is O=c1cc(OC2CCS(=O)(=O)CC2)c(-c2ccc(F)cc2)cn1-c1ccc(OCF)cc1. The fourth-order valence-electron chi connectivity index (χ4n) is 3.59. The van der Waals surface area contributed by atoms with E-state index >= 15 is 0 Å². The Labute approximate surface area is 184 Å². The topological polar surface area (TPSA) is 74.6 Å². The molecule has 1 aliphatic heterocycles. The Morgan fingerprint density at radius 2 is 1.66 bits per heavy atom. The Bertz CT molecular complexity index is 1240. The summed E-state index contributed by atoms with van der Waals surface area (Å²) in [6, 6.07) is 13.5. The molecule has 4 rings (SSSR count). The maximum absolute atomic E-state index is 13.5. The number of pyridine rings is 1. The van der Waals surface area contributed by atoms with Gasteiger partial charge in [0.05, 0.1) is 11.5 Å². The Hall–Kier alpha value is -3.20. The molecule has 168 valence electrons. The lowest BCUT2D eigenvalue weighted by Crippen LogP contribution is -2.31. The molecule has 9 heteroatoms. The zero-order chi connectivity index (χ0) is 22.7. The predicted octanol–water partition coefficient (Wildman–Crippen LogP) is 3.91. The second kappa shape index (κ2) is 9.12. The van der Waals surface area contributed by atoms with Gasteiger partial charge in [0.2, 0.25) is 6.86 Å². The van der Waals surface area contributed by atoms with Crippen LogP contribution in [0.1, 0.15) is 12.8 Å². The summed E-state index contributed by atoms with van der Waals surface area (Å²) in [4.78, 5) is 12.9. The highest BCUT2D eigenvalue weighted by Gasteiger charge is 2.26. The minimum Gasteiger partial charge on any atom is -0.489 e. The fraction of sp³-hybridized carbons (Fsp3) is 0.261. The molecule has 1 saturated heterocycles. The van der Waals surface area contributed by atoms with Gasteiger partial charge in [0.1, 0.15) is 23.4 Å². The number of aromatic nitrogens is 1. The maximum atomic E-state index is 13.5. The molecule has 3 aromatic rings. The van der Waals surface area contributed by atoms with E-state index in [0.717, 1.165) is 0 Å². The highest BCUT2D eigenvalue weighted by atomic mass is 32.2. The lowest BCUT2D eigenvalue weighted by molar-refractivity contribution is 0.190. The van der Waals surface area contributed by atoms with E-state index in [1.165, 1.54) is 22.8 Å². The molecule has 0 atom stereocenters. The summed E-state index contributed by atoms with van der Waals surface area (Å²) < 4.78 is 61.5. The zero-order valence-corrected chi connectivity index (χ0v) is 17.9. The lowest BCUT2D eigenvalue weighted by atomic mass is 10.1. The summed E-state index contributed by atoms with van der Waals surface area (Å²) in [7, 11) is -3.05. The van der Waals surface area contributed by atoms with E-state index in [4.69, 9.17) is 9.47 Å². The summed E-state index contributed by atoms with van der Waals surface area (Å²) in [5.74, 6) is 0.308. The number of rotatable bonds is 6. The smallest absolute Gasteiger partial charge is 0.258 e. The molecule has 32 heavy (non-hydrogen) atoms. The summed E-state index contributed by atoms with van der Waals surface area (Å²) in [6.07, 6.45) is 1.93. The van der Waals surface area contributed by atoms with Crippen LogP contribution in [-0.2, 0) is 9.84 Å². The Balaban J connectivity index is 1.73. The van der Waals surface area contributed by atoms with Gasteiger partial charge in [-0.2, -0.15) is 0 Å². The fourth-order valence-corrected chi connectivity index (χ4v) is 5.04. The molecule has 0 N–H and O–H groups in total. The summed E-state index contributed by atoms with van der Waals surface area (Å²) in [6.45, 7) is -0.956. The highest BCUT2D eigenvalue weighted by Crippen LogP contribution is 2.32. The molecule has 1 aliphatic rings. The third-order valence-electron chi connectivity index (χ3n) is 5.30. The van der Waals surface area contributed by atoms with Gasteiger partial charge < -0.3 is 9.47 Å². The molecule has 2 heterocycles. The van der Waals surface area contributed by atoms with Crippen LogP contribution in [0.15, 0.2) is 65.6 Å².